The second kappa shape index (κ2) is 27.5. The molecule has 7 amide bonds. The van der Waals surface area contributed by atoms with Crippen LogP contribution < -0.4 is 41.4 Å². The number of carboxylic acids is 1. The summed E-state index contributed by atoms with van der Waals surface area (Å²) in [5, 5.41) is 26.3. The molecule has 7 N–H and O–H groups in total. The molecule has 21 nitrogen and oxygen atoms in total. The lowest BCUT2D eigenvalue weighted by Crippen LogP contribution is -2.55. The monoisotopic (exact) mass is 1070 g/mol. The molecule has 4 bridgehead atoms. The van der Waals surface area contributed by atoms with Gasteiger partial charge in [0, 0.05) is 36.7 Å². The number of hydrogen-bond donors (Lipinski definition) is 7. The predicted molar refractivity (Wildman–Crippen MR) is 288 cm³/mol. The van der Waals surface area contributed by atoms with Crippen molar-refractivity contribution in [3.05, 3.63) is 82.4 Å². The molecule has 0 fully saturated rings. The van der Waals surface area contributed by atoms with Crippen molar-refractivity contribution in [3.63, 3.8) is 0 Å². The van der Waals surface area contributed by atoms with Gasteiger partial charge in [0.25, 0.3) is 5.91 Å². The smallest absolute Gasteiger partial charge is 0.407 e. The van der Waals surface area contributed by atoms with Gasteiger partial charge >= 0.3 is 24.2 Å². The second-order valence-corrected chi connectivity index (χ2v) is 21.8. The lowest BCUT2D eigenvalue weighted by Gasteiger charge is -2.33. The van der Waals surface area contributed by atoms with Crippen molar-refractivity contribution in [3.8, 4) is 22.6 Å². The minimum absolute atomic E-state index is 0.00509. The number of carboxylic acid groups (broad SMARTS) is 1. The van der Waals surface area contributed by atoms with Crippen molar-refractivity contribution < 1.29 is 67.1 Å². The van der Waals surface area contributed by atoms with Gasteiger partial charge in [-0.15, -0.1) is 0 Å². The lowest BCUT2D eigenvalue weighted by molar-refractivity contribution is -0.143. The first-order chi connectivity index (χ1) is 35.9. The number of aliphatic carboxylic acids is 1. The third-order valence-corrected chi connectivity index (χ3v) is 11.6. The number of nitrogens with zero attached hydrogens (tertiary/aromatic N) is 1. The summed E-state index contributed by atoms with van der Waals surface area (Å²) in [7, 11) is 1.36. The molecule has 1 heterocycles. The summed E-state index contributed by atoms with van der Waals surface area (Å²) in [5.41, 5.74) is 0.916. The predicted octanol–water partition coefficient (Wildman–Crippen LogP) is 6.65. The summed E-state index contributed by atoms with van der Waals surface area (Å²) in [4.78, 5) is 110. The number of carbonyl (C=O) groups excluding carboxylic acids is 7. The van der Waals surface area contributed by atoms with Crippen LogP contribution >= 0.6 is 0 Å². The van der Waals surface area contributed by atoms with Crippen LogP contribution in [-0.2, 0) is 46.2 Å². The minimum atomic E-state index is -1.55. The Morgan fingerprint density at radius 1 is 0.714 bits per heavy atom. The molecule has 4 atom stereocenters. The van der Waals surface area contributed by atoms with Crippen molar-refractivity contribution in [2.24, 2.45) is 0 Å². The third kappa shape index (κ3) is 20.1. The van der Waals surface area contributed by atoms with Gasteiger partial charge in [0.1, 0.15) is 65.7 Å². The summed E-state index contributed by atoms with van der Waals surface area (Å²) >= 11 is 0. The van der Waals surface area contributed by atoms with Crippen molar-refractivity contribution >= 4 is 47.9 Å². The van der Waals surface area contributed by atoms with E-state index in [4.69, 9.17) is 23.7 Å². The van der Waals surface area contributed by atoms with Crippen LogP contribution in [-0.4, -0.2) is 133 Å². The molecular weight excluding hydrogens is 995 g/mol. The Bertz CT molecular complexity index is 2600. The number of nitrogens with one attached hydrogen (secondary N) is 6. The molecule has 4 rings (SSSR count). The largest absolute Gasteiger partial charge is 0.491 e. The van der Waals surface area contributed by atoms with E-state index < -0.39 is 88.8 Å². The Labute approximate surface area is 451 Å². The topological polar surface area (TPSA) is 278 Å². The van der Waals surface area contributed by atoms with Crippen LogP contribution in [0.1, 0.15) is 134 Å². The van der Waals surface area contributed by atoms with E-state index >= 15 is 4.79 Å². The molecule has 422 valence electrons. The van der Waals surface area contributed by atoms with E-state index in [1.165, 1.54) is 14.0 Å². The van der Waals surface area contributed by atoms with Crippen LogP contribution in [0.4, 0.5) is 14.4 Å². The molecule has 0 saturated heterocycles. The van der Waals surface area contributed by atoms with Crippen molar-refractivity contribution in [2.45, 2.75) is 156 Å². The molecule has 1 aliphatic rings. The third-order valence-electron chi connectivity index (χ3n) is 11.6. The molecule has 1 aliphatic heterocycles. The fourth-order valence-electron chi connectivity index (χ4n) is 8.01. The van der Waals surface area contributed by atoms with E-state index in [1.807, 2.05) is 12.1 Å². The summed E-state index contributed by atoms with van der Waals surface area (Å²) in [6, 6.07) is 9.29. The van der Waals surface area contributed by atoms with E-state index in [0.29, 0.717) is 27.8 Å². The maximum Gasteiger partial charge on any atom is 0.407 e. The van der Waals surface area contributed by atoms with Gasteiger partial charge in [0.2, 0.25) is 17.7 Å². The number of ether oxygens (including phenoxy) is 5. The van der Waals surface area contributed by atoms with Crippen LogP contribution in [0.15, 0.2) is 54.6 Å². The molecule has 21 heteroatoms. The normalized spacial score (nSPS) is 16.2. The zero-order chi connectivity index (χ0) is 57.4. The summed E-state index contributed by atoms with van der Waals surface area (Å²) < 4.78 is 28.7. The second-order valence-electron chi connectivity index (χ2n) is 21.8. The molecule has 0 aliphatic carbocycles. The van der Waals surface area contributed by atoms with Crippen LogP contribution in [0, 0.1) is 6.92 Å². The lowest BCUT2D eigenvalue weighted by atomic mass is 9.93. The molecule has 0 unspecified atom stereocenters. The molecule has 0 saturated carbocycles. The van der Waals surface area contributed by atoms with Crippen LogP contribution in [0.3, 0.4) is 0 Å². The van der Waals surface area contributed by atoms with Gasteiger partial charge in [-0.25, -0.2) is 19.2 Å². The van der Waals surface area contributed by atoms with E-state index in [1.54, 1.807) is 112 Å². The number of aryl methyl sites for hydroxylation is 2. The highest BCUT2D eigenvalue weighted by molar-refractivity contribution is 6.00. The Balaban J connectivity index is 1.89. The molecule has 0 spiro atoms. The number of likely N-dealkylation sites (N-methyl/N-ethyl adjacent to an activating group) is 1. The van der Waals surface area contributed by atoms with Crippen molar-refractivity contribution in [1.82, 2.24) is 36.8 Å². The van der Waals surface area contributed by atoms with Crippen molar-refractivity contribution in [2.75, 3.05) is 39.9 Å². The average molecular weight is 1070 g/mol. The molecule has 3 aromatic carbocycles. The number of fused-ring (bicyclic) bond motifs is 5. The van der Waals surface area contributed by atoms with Gasteiger partial charge in [0.15, 0.2) is 0 Å². The number of alkyl carbamates (subject to hydrolysis) is 3. The summed E-state index contributed by atoms with van der Waals surface area (Å²) in [5.74, 6) is -3.95. The number of hydrogen-bond acceptors (Lipinski definition) is 13. The Morgan fingerprint density at radius 3 is 1.77 bits per heavy atom. The van der Waals surface area contributed by atoms with Crippen LogP contribution in [0.25, 0.3) is 11.1 Å². The van der Waals surface area contributed by atoms with Gasteiger partial charge in [-0.2, -0.15) is 0 Å². The van der Waals surface area contributed by atoms with E-state index in [9.17, 15) is 38.7 Å². The van der Waals surface area contributed by atoms with Crippen LogP contribution in [0.5, 0.6) is 11.5 Å². The first-order valence-corrected chi connectivity index (χ1v) is 25.9. The first kappa shape index (κ1) is 62.0. The number of amides is 7. The standard InChI is InChI=1S/C56H79N7O14/c1-14-15-16-35-17-20-38(33(2)29-35)47(65)61-41(23-24-57-51(70)75-54(4,5)6)49(67)63(13)45-37-19-22-44(74-28-26-59-53(72)77-56(10,11)12)40(32-37)39-30-36(31-42(50(68)69)62-46(64)34(3)60-48(45)66)18-21-43(39)73-27-25-58-52(71)76-55(7,8)9/h17-22,29-30,32,34,41-42,45H,14-16,23-28,31H2,1-13H3,(H,57,70)(H,58,71)(H,59,72)(H,60,66)(H,61,65)(H,62,64)(H,68,69)/t34-,41-,42-,45-/m0/s1. The maximum absolute atomic E-state index is 15.1. The Kier molecular flexibility index (Phi) is 22.1. The number of rotatable bonds is 19. The fourth-order valence-corrected chi connectivity index (χ4v) is 8.01. The molecular formula is C56H79N7O14. The van der Waals surface area contributed by atoms with Gasteiger partial charge in [-0.05, 0) is 148 Å². The van der Waals surface area contributed by atoms with Gasteiger partial charge in [0.05, 0.1) is 13.1 Å². The van der Waals surface area contributed by atoms with Gasteiger partial charge in [-0.1, -0.05) is 37.6 Å². The SMILES string of the molecule is CCCCc1ccc(C(=O)N[C@@H](CCNC(=O)OC(C)(C)C)C(=O)N(C)[C@@H]2C(=O)N[C@@H](C)C(=O)N[C@H](C(=O)O)Cc3ccc(OCCNC(=O)OC(C)(C)C)c(c3)-c3cc2ccc3OCCNC(=O)OC(C)(C)C)c(C)c1. The number of unbranched alkanes of at least 4 members (excludes halogenated alkanes) is 1. The Hall–Kier alpha value is -7.58. The minimum Gasteiger partial charge on any atom is -0.491 e. The van der Waals surface area contributed by atoms with Gasteiger partial charge in [-0.3, -0.25) is 19.2 Å². The zero-order valence-corrected chi connectivity index (χ0v) is 46.8. The maximum atomic E-state index is 15.1. The van der Waals surface area contributed by atoms with Crippen LogP contribution in [0.2, 0.25) is 0 Å². The highest BCUT2D eigenvalue weighted by Crippen LogP contribution is 2.40. The number of benzene rings is 3. The molecule has 0 aromatic heterocycles. The first-order valence-electron chi connectivity index (χ1n) is 25.9. The summed E-state index contributed by atoms with van der Waals surface area (Å²) in [6.07, 6.45) is 0.294. The fraction of sp³-hybridized carbons (Fsp3) is 0.536. The van der Waals surface area contributed by atoms with E-state index in [-0.39, 0.29) is 62.8 Å². The highest BCUT2D eigenvalue weighted by Gasteiger charge is 2.37. The quantitative estimate of drug-likeness (QED) is 0.0489. The molecule has 3 aromatic rings. The van der Waals surface area contributed by atoms with E-state index in [0.717, 1.165) is 29.7 Å². The molecule has 77 heavy (non-hydrogen) atoms. The number of carbonyl (C=O) groups is 8. The molecule has 0 radical (unpaired) electrons. The van der Waals surface area contributed by atoms with Gasteiger partial charge < -0.3 is 65.6 Å². The summed E-state index contributed by atoms with van der Waals surface area (Å²) in [6.45, 7) is 20.4. The zero-order valence-electron chi connectivity index (χ0n) is 46.8. The average Bonchev–Trinajstić information content (AvgIpc) is 3.31. The van der Waals surface area contributed by atoms with E-state index in [2.05, 4.69) is 38.8 Å². The van der Waals surface area contributed by atoms with Crippen molar-refractivity contribution in [1.29, 1.82) is 0 Å². The highest BCUT2D eigenvalue weighted by atomic mass is 16.6. The Morgan fingerprint density at radius 2 is 1.25 bits per heavy atom.